The molecule has 4 nitrogen and oxygen atoms in total. The highest BCUT2D eigenvalue weighted by atomic mass is 16.5. The number of carboxylic acids is 1. The summed E-state index contributed by atoms with van der Waals surface area (Å²) in [7, 11) is 0. The number of ether oxygens (including phenoxy) is 1. The van der Waals surface area contributed by atoms with Crippen molar-refractivity contribution in [1.29, 1.82) is 0 Å². The molecule has 1 unspecified atom stereocenters. The highest BCUT2D eigenvalue weighted by Crippen LogP contribution is 2.21. The average Bonchev–Trinajstić information content (AvgIpc) is 2.29. The summed E-state index contributed by atoms with van der Waals surface area (Å²) in [6.07, 6.45) is -0.0145. The lowest BCUT2D eigenvalue weighted by atomic mass is 9.99. The predicted octanol–water partition coefficient (Wildman–Crippen LogP) is 2.38. The molecule has 4 heteroatoms. The first-order valence-corrected chi connectivity index (χ1v) is 5.54. The number of ketones is 1. The molecular weight excluding hydrogens is 220 g/mol. The van der Waals surface area contributed by atoms with Crippen LogP contribution in [-0.4, -0.2) is 23.5 Å². The number of hydrogen-bond donors (Lipinski definition) is 1. The Morgan fingerprint density at radius 1 is 1.35 bits per heavy atom. The third-order valence-electron chi connectivity index (χ3n) is 2.40. The average molecular weight is 236 g/mol. The summed E-state index contributed by atoms with van der Waals surface area (Å²) in [4.78, 5) is 22.6. The number of rotatable bonds is 6. The molecule has 1 atom stereocenters. The SMILES string of the molecule is CCOc1ccccc1C(=O)CC(C)C(=O)O. The second kappa shape index (κ2) is 6.03. The fourth-order valence-electron chi connectivity index (χ4n) is 1.45. The first-order valence-electron chi connectivity index (χ1n) is 5.54. The van der Waals surface area contributed by atoms with Gasteiger partial charge in [0.15, 0.2) is 5.78 Å². The van der Waals surface area contributed by atoms with Crippen LogP contribution in [-0.2, 0) is 4.79 Å². The normalized spacial score (nSPS) is 11.9. The molecule has 0 bridgehead atoms. The number of carbonyl (C=O) groups is 2. The van der Waals surface area contributed by atoms with Crippen molar-refractivity contribution < 1.29 is 19.4 Å². The van der Waals surface area contributed by atoms with E-state index in [1.807, 2.05) is 6.92 Å². The van der Waals surface area contributed by atoms with Crippen molar-refractivity contribution in [2.24, 2.45) is 5.92 Å². The minimum absolute atomic E-state index is 0.0145. The molecule has 0 radical (unpaired) electrons. The van der Waals surface area contributed by atoms with Crippen molar-refractivity contribution >= 4 is 11.8 Å². The van der Waals surface area contributed by atoms with E-state index < -0.39 is 11.9 Å². The molecule has 0 amide bonds. The van der Waals surface area contributed by atoms with Crippen LogP contribution in [0.1, 0.15) is 30.6 Å². The van der Waals surface area contributed by atoms with Crippen molar-refractivity contribution in [2.75, 3.05) is 6.61 Å². The highest BCUT2D eigenvalue weighted by Gasteiger charge is 2.19. The largest absolute Gasteiger partial charge is 0.493 e. The molecule has 0 aromatic heterocycles. The van der Waals surface area contributed by atoms with E-state index in [1.54, 1.807) is 24.3 Å². The maximum Gasteiger partial charge on any atom is 0.306 e. The van der Waals surface area contributed by atoms with Crippen LogP contribution in [0.2, 0.25) is 0 Å². The fourth-order valence-corrected chi connectivity index (χ4v) is 1.45. The Morgan fingerprint density at radius 3 is 2.59 bits per heavy atom. The van der Waals surface area contributed by atoms with E-state index in [9.17, 15) is 9.59 Å². The third kappa shape index (κ3) is 3.59. The van der Waals surface area contributed by atoms with Gasteiger partial charge < -0.3 is 9.84 Å². The standard InChI is InChI=1S/C13H16O4/c1-3-17-12-7-5-4-6-10(12)11(14)8-9(2)13(15)16/h4-7,9H,3,8H2,1-2H3,(H,15,16). The first-order chi connectivity index (χ1) is 8.06. The molecule has 1 N–H and O–H groups in total. The number of para-hydroxylation sites is 1. The van der Waals surface area contributed by atoms with E-state index >= 15 is 0 Å². The zero-order valence-corrected chi connectivity index (χ0v) is 9.97. The van der Waals surface area contributed by atoms with Gasteiger partial charge in [-0.3, -0.25) is 9.59 Å². The van der Waals surface area contributed by atoms with Gasteiger partial charge in [0, 0.05) is 6.42 Å². The summed E-state index contributed by atoms with van der Waals surface area (Å²) < 4.78 is 5.33. The minimum atomic E-state index is -0.966. The van der Waals surface area contributed by atoms with E-state index in [-0.39, 0.29) is 12.2 Å². The molecule has 1 rings (SSSR count). The Hall–Kier alpha value is -1.84. The molecule has 1 aromatic rings. The molecule has 0 aliphatic heterocycles. The summed E-state index contributed by atoms with van der Waals surface area (Å²) in [5.41, 5.74) is 0.447. The lowest BCUT2D eigenvalue weighted by molar-refractivity contribution is -0.141. The van der Waals surface area contributed by atoms with Crippen LogP contribution in [0.4, 0.5) is 0 Å². The topological polar surface area (TPSA) is 63.6 Å². The Labute approximate surface area is 100 Å². The van der Waals surface area contributed by atoms with Crippen LogP contribution in [0.15, 0.2) is 24.3 Å². The molecule has 1 aromatic carbocycles. The van der Waals surface area contributed by atoms with E-state index in [1.165, 1.54) is 6.92 Å². The van der Waals surface area contributed by atoms with Gasteiger partial charge in [0.05, 0.1) is 18.1 Å². The first kappa shape index (κ1) is 13.2. The van der Waals surface area contributed by atoms with Gasteiger partial charge in [-0.1, -0.05) is 19.1 Å². The predicted molar refractivity (Wildman–Crippen MR) is 63.4 cm³/mol. The molecular formula is C13H16O4. The second-order valence-electron chi connectivity index (χ2n) is 3.80. The zero-order chi connectivity index (χ0) is 12.8. The van der Waals surface area contributed by atoms with E-state index in [0.717, 1.165) is 0 Å². The molecule has 0 fully saturated rings. The molecule has 0 saturated carbocycles. The van der Waals surface area contributed by atoms with Crippen molar-refractivity contribution in [1.82, 2.24) is 0 Å². The van der Waals surface area contributed by atoms with Gasteiger partial charge in [-0.15, -0.1) is 0 Å². The molecule has 92 valence electrons. The molecule has 0 heterocycles. The molecule has 0 aliphatic carbocycles. The summed E-state index contributed by atoms with van der Waals surface area (Å²) in [6, 6.07) is 6.88. The van der Waals surface area contributed by atoms with Crippen LogP contribution in [0.5, 0.6) is 5.75 Å². The minimum Gasteiger partial charge on any atom is -0.493 e. The number of carbonyl (C=O) groups excluding carboxylic acids is 1. The summed E-state index contributed by atoms with van der Waals surface area (Å²) in [5.74, 6) is -1.34. The lowest BCUT2D eigenvalue weighted by Crippen LogP contribution is -2.15. The van der Waals surface area contributed by atoms with Crippen molar-refractivity contribution in [3.05, 3.63) is 29.8 Å². The van der Waals surface area contributed by atoms with Gasteiger partial charge in [-0.2, -0.15) is 0 Å². The van der Waals surface area contributed by atoms with Gasteiger partial charge in [0.25, 0.3) is 0 Å². The Balaban J connectivity index is 2.84. The second-order valence-corrected chi connectivity index (χ2v) is 3.80. The van der Waals surface area contributed by atoms with Crippen molar-refractivity contribution in [3.63, 3.8) is 0 Å². The van der Waals surface area contributed by atoms with Gasteiger partial charge in [0.2, 0.25) is 0 Å². The number of benzene rings is 1. The number of hydrogen-bond acceptors (Lipinski definition) is 3. The summed E-state index contributed by atoms with van der Waals surface area (Å²) in [5, 5.41) is 8.77. The molecule has 0 spiro atoms. The van der Waals surface area contributed by atoms with Crippen LogP contribution in [0.3, 0.4) is 0 Å². The van der Waals surface area contributed by atoms with Gasteiger partial charge in [0.1, 0.15) is 5.75 Å². The Bertz CT molecular complexity index is 412. The van der Waals surface area contributed by atoms with E-state index in [2.05, 4.69) is 0 Å². The van der Waals surface area contributed by atoms with Gasteiger partial charge in [-0.05, 0) is 19.1 Å². The van der Waals surface area contributed by atoms with Gasteiger partial charge >= 0.3 is 5.97 Å². The van der Waals surface area contributed by atoms with Crippen LogP contribution >= 0.6 is 0 Å². The number of aliphatic carboxylic acids is 1. The third-order valence-corrected chi connectivity index (χ3v) is 2.40. The summed E-state index contributed by atoms with van der Waals surface area (Å²) >= 11 is 0. The van der Waals surface area contributed by atoms with Gasteiger partial charge in [-0.25, -0.2) is 0 Å². The summed E-state index contributed by atoms with van der Waals surface area (Å²) in [6.45, 7) is 3.82. The maximum atomic E-state index is 11.9. The quantitative estimate of drug-likeness (QED) is 0.770. The van der Waals surface area contributed by atoms with Crippen molar-refractivity contribution in [3.8, 4) is 5.75 Å². The maximum absolute atomic E-state index is 11.9. The Kier molecular flexibility index (Phi) is 4.69. The number of Topliss-reactive ketones (excluding diaryl/α,β-unsaturated/α-hetero) is 1. The van der Waals surface area contributed by atoms with Crippen LogP contribution < -0.4 is 4.74 Å². The van der Waals surface area contributed by atoms with Crippen LogP contribution in [0.25, 0.3) is 0 Å². The van der Waals surface area contributed by atoms with Crippen molar-refractivity contribution in [2.45, 2.75) is 20.3 Å². The fraction of sp³-hybridized carbons (Fsp3) is 0.385. The van der Waals surface area contributed by atoms with Crippen LogP contribution in [0, 0.1) is 5.92 Å². The molecule has 0 saturated heterocycles. The highest BCUT2D eigenvalue weighted by molar-refractivity contribution is 6.00. The number of carboxylic acid groups (broad SMARTS) is 1. The van der Waals surface area contributed by atoms with E-state index in [0.29, 0.717) is 17.9 Å². The lowest BCUT2D eigenvalue weighted by Gasteiger charge is -2.10. The zero-order valence-electron chi connectivity index (χ0n) is 9.97. The molecule has 17 heavy (non-hydrogen) atoms. The molecule has 0 aliphatic rings. The van der Waals surface area contributed by atoms with E-state index in [4.69, 9.17) is 9.84 Å². The smallest absolute Gasteiger partial charge is 0.306 e. The Morgan fingerprint density at radius 2 is 2.00 bits per heavy atom. The monoisotopic (exact) mass is 236 g/mol.